The van der Waals surface area contributed by atoms with Gasteiger partial charge in [-0.3, -0.25) is 0 Å². The van der Waals surface area contributed by atoms with Crippen LogP contribution in [0, 0.1) is 0 Å². The SMILES string of the molecule is CS(=O)(=O)c1cccc(-c2nc(C3COCCN3)no2)c1. The van der Waals surface area contributed by atoms with E-state index in [2.05, 4.69) is 15.5 Å². The highest BCUT2D eigenvalue weighted by Crippen LogP contribution is 2.23. The molecule has 1 fully saturated rings. The van der Waals surface area contributed by atoms with E-state index in [0.717, 1.165) is 12.8 Å². The Labute approximate surface area is 122 Å². The Morgan fingerprint density at radius 2 is 2.24 bits per heavy atom. The molecule has 0 spiro atoms. The van der Waals surface area contributed by atoms with Crippen molar-refractivity contribution in [3.63, 3.8) is 0 Å². The summed E-state index contributed by atoms with van der Waals surface area (Å²) in [5, 5.41) is 7.16. The van der Waals surface area contributed by atoms with Crippen molar-refractivity contribution in [1.29, 1.82) is 0 Å². The molecular weight excluding hydrogens is 294 g/mol. The number of nitrogens with zero attached hydrogens (tertiary/aromatic N) is 2. The number of aromatic nitrogens is 2. The summed E-state index contributed by atoms with van der Waals surface area (Å²) in [4.78, 5) is 4.53. The molecule has 112 valence electrons. The molecule has 1 aliphatic heterocycles. The highest BCUT2D eigenvalue weighted by molar-refractivity contribution is 7.90. The van der Waals surface area contributed by atoms with E-state index >= 15 is 0 Å². The molecule has 1 aromatic heterocycles. The van der Waals surface area contributed by atoms with Gasteiger partial charge in [0.05, 0.1) is 24.2 Å². The second kappa shape index (κ2) is 5.55. The predicted molar refractivity (Wildman–Crippen MR) is 74.4 cm³/mol. The number of hydrogen-bond acceptors (Lipinski definition) is 7. The van der Waals surface area contributed by atoms with Crippen molar-refractivity contribution in [3.8, 4) is 11.5 Å². The van der Waals surface area contributed by atoms with Gasteiger partial charge in [-0.05, 0) is 18.2 Å². The van der Waals surface area contributed by atoms with E-state index in [9.17, 15) is 8.42 Å². The average Bonchev–Trinajstić information content (AvgIpc) is 2.97. The highest BCUT2D eigenvalue weighted by atomic mass is 32.2. The minimum atomic E-state index is -3.27. The van der Waals surface area contributed by atoms with Crippen LogP contribution in [-0.4, -0.2) is 44.6 Å². The third kappa shape index (κ3) is 3.12. The Bertz CT molecular complexity index is 735. The van der Waals surface area contributed by atoms with Crippen molar-refractivity contribution in [1.82, 2.24) is 15.5 Å². The van der Waals surface area contributed by atoms with Gasteiger partial charge in [0.2, 0.25) is 0 Å². The summed E-state index contributed by atoms with van der Waals surface area (Å²) >= 11 is 0. The van der Waals surface area contributed by atoms with Crippen LogP contribution in [0.5, 0.6) is 0 Å². The minimum absolute atomic E-state index is 0.102. The Hall–Kier alpha value is -1.77. The molecule has 0 aliphatic carbocycles. The largest absolute Gasteiger partial charge is 0.378 e. The lowest BCUT2D eigenvalue weighted by molar-refractivity contribution is 0.0734. The van der Waals surface area contributed by atoms with Gasteiger partial charge in [0.15, 0.2) is 15.7 Å². The number of hydrogen-bond donors (Lipinski definition) is 1. The lowest BCUT2D eigenvalue weighted by Crippen LogP contribution is -2.35. The smallest absolute Gasteiger partial charge is 0.258 e. The van der Waals surface area contributed by atoms with Gasteiger partial charge in [-0.15, -0.1) is 0 Å². The summed E-state index contributed by atoms with van der Waals surface area (Å²) in [5.41, 5.74) is 0.577. The van der Waals surface area contributed by atoms with Crippen LogP contribution in [-0.2, 0) is 14.6 Å². The molecule has 1 saturated heterocycles. The molecule has 8 heteroatoms. The van der Waals surface area contributed by atoms with Gasteiger partial charge in [-0.25, -0.2) is 8.42 Å². The molecule has 1 unspecified atom stereocenters. The van der Waals surface area contributed by atoms with Crippen LogP contribution < -0.4 is 5.32 Å². The van der Waals surface area contributed by atoms with E-state index in [0.29, 0.717) is 30.5 Å². The number of sulfone groups is 1. The van der Waals surface area contributed by atoms with Crippen molar-refractivity contribution in [2.45, 2.75) is 10.9 Å². The molecule has 0 radical (unpaired) electrons. The first-order valence-electron chi connectivity index (χ1n) is 6.49. The summed E-state index contributed by atoms with van der Waals surface area (Å²) in [6, 6.07) is 6.34. The predicted octanol–water partition coefficient (Wildman–Crippen LogP) is 0.801. The monoisotopic (exact) mass is 309 g/mol. The Morgan fingerprint density at radius 3 is 2.95 bits per heavy atom. The number of morpholine rings is 1. The maximum atomic E-state index is 11.6. The number of ether oxygens (including phenoxy) is 1. The zero-order valence-electron chi connectivity index (χ0n) is 11.4. The third-order valence-electron chi connectivity index (χ3n) is 3.18. The van der Waals surface area contributed by atoms with Crippen molar-refractivity contribution >= 4 is 9.84 Å². The fourth-order valence-electron chi connectivity index (χ4n) is 2.08. The zero-order chi connectivity index (χ0) is 14.9. The fraction of sp³-hybridized carbons (Fsp3) is 0.385. The Morgan fingerprint density at radius 1 is 1.38 bits per heavy atom. The molecule has 21 heavy (non-hydrogen) atoms. The van der Waals surface area contributed by atoms with Crippen LogP contribution in [0.4, 0.5) is 0 Å². The topological polar surface area (TPSA) is 94.3 Å². The molecule has 0 saturated carbocycles. The first kappa shape index (κ1) is 14.2. The summed E-state index contributed by atoms with van der Waals surface area (Å²) < 4.78 is 33.7. The van der Waals surface area contributed by atoms with Gasteiger partial charge in [0.25, 0.3) is 5.89 Å². The molecule has 3 rings (SSSR count). The van der Waals surface area contributed by atoms with Crippen molar-refractivity contribution in [2.24, 2.45) is 0 Å². The molecule has 0 bridgehead atoms. The normalized spacial score (nSPS) is 19.6. The molecular formula is C13H15N3O4S. The Kier molecular flexibility index (Phi) is 3.75. The van der Waals surface area contributed by atoms with Crippen molar-refractivity contribution in [3.05, 3.63) is 30.1 Å². The van der Waals surface area contributed by atoms with Crippen molar-refractivity contribution < 1.29 is 17.7 Å². The molecule has 1 N–H and O–H groups in total. The lowest BCUT2D eigenvalue weighted by atomic mass is 10.2. The Balaban J connectivity index is 1.89. The highest BCUT2D eigenvalue weighted by Gasteiger charge is 2.21. The lowest BCUT2D eigenvalue weighted by Gasteiger charge is -2.20. The van der Waals surface area contributed by atoms with Gasteiger partial charge < -0.3 is 14.6 Å². The van der Waals surface area contributed by atoms with E-state index in [-0.39, 0.29) is 10.9 Å². The van der Waals surface area contributed by atoms with Gasteiger partial charge in [0.1, 0.15) is 0 Å². The van der Waals surface area contributed by atoms with Gasteiger partial charge >= 0.3 is 0 Å². The van der Waals surface area contributed by atoms with E-state index < -0.39 is 9.84 Å². The molecule has 1 atom stereocenters. The molecule has 2 heterocycles. The first-order valence-corrected chi connectivity index (χ1v) is 8.38. The van der Waals surface area contributed by atoms with Crippen LogP contribution in [0.15, 0.2) is 33.7 Å². The molecule has 2 aromatic rings. The molecule has 1 aliphatic rings. The third-order valence-corrected chi connectivity index (χ3v) is 4.29. The van der Waals surface area contributed by atoms with Crippen LogP contribution in [0.1, 0.15) is 11.9 Å². The zero-order valence-corrected chi connectivity index (χ0v) is 12.3. The number of nitrogens with one attached hydrogen (secondary N) is 1. The second-order valence-electron chi connectivity index (χ2n) is 4.84. The van der Waals surface area contributed by atoms with Crippen LogP contribution in [0.2, 0.25) is 0 Å². The quantitative estimate of drug-likeness (QED) is 0.896. The molecule has 7 nitrogen and oxygen atoms in total. The van der Waals surface area contributed by atoms with E-state index in [4.69, 9.17) is 9.26 Å². The summed E-state index contributed by atoms with van der Waals surface area (Å²) in [7, 11) is -3.27. The van der Waals surface area contributed by atoms with E-state index in [1.165, 1.54) is 12.1 Å². The second-order valence-corrected chi connectivity index (χ2v) is 6.86. The standard InChI is InChI=1S/C13H15N3O4S/c1-21(17,18)10-4-2-3-9(7-10)13-15-12(16-20-13)11-8-19-6-5-14-11/h2-4,7,11,14H,5-6,8H2,1H3. The average molecular weight is 309 g/mol. The number of benzene rings is 1. The van der Waals surface area contributed by atoms with E-state index in [1.807, 2.05) is 0 Å². The maximum absolute atomic E-state index is 11.6. The fourth-order valence-corrected chi connectivity index (χ4v) is 2.75. The summed E-state index contributed by atoms with van der Waals surface area (Å²) in [6.45, 7) is 1.89. The van der Waals surface area contributed by atoms with Crippen LogP contribution in [0.25, 0.3) is 11.5 Å². The van der Waals surface area contributed by atoms with Gasteiger partial charge in [0, 0.05) is 18.4 Å². The minimum Gasteiger partial charge on any atom is -0.378 e. The van der Waals surface area contributed by atoms with Gasteiger partial charge in [-0.1, -0.05) is 11.2 Å². The number of rotatable bonds is 3. The summed E-state index contributed by atoms with van der Waals surface area (Å²) in [6.07, 6.45) is 1.16. The molecule has 0 amide bonds. The van der Waals surface area contributed by atoms with Crippen molar-refractivity contribution in [2.75, 3.05) is 26.0 Å². The van der Waals surface area contributed by atoms with Crippen LogP contribution in [0.3, 0.4) is 0 Å². The van der Waals surface area contributed by atoms with Gasteiger partial charge in [-0.2, -0.15) is 4.98 Å². The first-order chi connectivity index (χ1) is 10.0. The summed E-state index contributed by atoms with van der Waals surface area (Å²) in [5.74, 6) is 0.803. The van der Waals surface area contributed by atoms with Crippen LogP contribution >= 0.6 is 0 Å². The van der Waals surface area contributed by atoms with E-state index in [1.54, 1.807) is 12.1 Å². The molecule has 1 aromatic carbocycles. The maximum Gasteiger partial charge on any atom is 0.258 e.